The average molecular weight is 392 g/mol. The summed E-state index contributed by atoms with van der Waals surface area (Å²) in [5.41, 5.74) is 2.12. The Kier molecular flexibility index (Phi) is 6.09. The van der Waals surface area contributed by atoms with Crippen LogP contribution in [0.1, 0.15) is 18.0 Å². The first-order valence-corrected chi connectivity index (χ1v) is 9.21. The number of phenolic OH excluding ortho intramolecular Hbond substituents is 1. The highest BCUT2D eigenvalue weighted by atomic mass is 35.5. The van der Waals surface area contributed by atoms with Crippen molar-refractivity contribution in [2.24, 2.45) is 5.92 Å². The minimum Gasteiger partial charge on any atom is -0.508 e. The molecule has 1 aromatic heterocycles. The Morgan fingerprint density at radius 1 is 1.11 bits per heavy atom. The Balaban J connectivity index is 0.00000210. The first kappa shape index (κ1) is 19.7. The number of aromatic nitrogens is 1. The van der Waals surface area contributed by atoms with Gasteiger partial charge in [-0.15, -0.1) is 12.4 Å². The number of aliphatic hydroxyl groups excluding tert-OH is 1. The second-order valence-electron chi connectivity index (χ2n) is 7.50. The Labute approximate surface area is 164 Å². The third-order valence-corrected chi connectivity index (χ3v) is 5.43. The highest BCUT2D eigenvalue weighted by Crippen LogP contribution is 2.34. The smallest absolute Gasteiger partial charge is 0.250 e. The van der Waals surface area contributed by atoms with Gasteiger partial charge in [0, 0.05) is 56.1 Å². The zero-order valence-corrected chi connectivity index (χ0v) is 15.9. The number of β-amino-alcohol motifs (C(OH)–C–C–N with tert-alkyl or cyclic N) is 1. The quantitative estimate of drug-likeness (QED) is 0.678. The number of nitrogens with zero attached hydrogens (tertiary/aromatic N) is 2. The molecule has 0 radical (unpaired) electrons. The molecule has 27 heavy (non-hydrogen) atoms. The van der Waals surface area contributed by atoms with Crippen molar-refractivity contribution in [2.45, 2.75) is 25.0 Å². The maximum atomic E-state index is 12.1. The molecule has 0 amide bonds. The van der Waals surface area contributed by atoms with Gasteiger partial charge in [0.25, 0.3) is 5.56 Å². The van der Waals surface area contributed by atoms with Gasteiger partial charge in [0.2, 0.25) is 0 Å². The number of likely N-dealkylation sites (tertiary alicyclic amines) is 1. The van der Waals surface area contributed by atoms with Crippen molar-refractivity contribution in [2.75, 3.05) is 31.5 Å². The van der Waals surface area contributed by atoms with Crippen molar-refractivity contribution in [1.82, 2.24) is 9.47 Å². The molecule has 146 valence electrons. The van der Waals surface area contributed by atoms with Crippen LogP contribution in [0.2, 0.25) is 0 Å². The number of benzene rings is 1. The van der Waals surface area contributed by atoms with Gasteiger partial charge < -0.3 is 20.1 Å². The molecule has 1 aromatic carbocycles. The number of hydrogen-bond donors (Lipinski definition) is 3. The maximum Gasteiger partial charge on any atom is 0.250 e. The van der Waals surface area contributed by atoms with Gasteiger partial charge in [-0.2, -0.15) is 0 Å². The van der Waals surface area contributed by atoms with Gasteiger partial charge in [-0.1, -0.05) is 6.07 Å². The largest absolute Gasteiger partial charge is 0.508 e. The summed E-state index contributed by atoms with van der Waals surface area (Å²) in [6.45, 7) is 3.68. The molecule has 3 heterocycles. The molecule has 0 spiro atoms. The molecule has 6 nitrogen and oxygen atoms in total. The molecule has 2 aliphatic rings. The van der Waals surface area contributed by atoms with Gasteiger partial charge in [-0.05, 0) is 42.7 Å². The summed E-state index contributed by atoms with van der Waals surface area (Å²) >= 11 is 0. The topological polar surface area (TPSA) is 77.7 Å². The van der Waals surface area contributed by atoms with E-state index in [9.17, 15) is 15.0 Å². The van der Waals surface area contributed by atoms with E-state index < -0.39 is 6.10 Å². The van der Waals surface area contributed by atoms with Gasteiger partial charge >= 0.3 is 0 Å². The third-order valence-electron chi connectivity index (χ3n) is 5.43. The number of rotatable bonds is 5. The molecular formula is C20H26ClN3O3. The predicted octanol–water partition coefficient (Wildman–Crippen LogP) is 1.87. The van der Waals surface area contributed by atoms with Crippen LogP contribution in [0.4, 0.5) is 5.69 Å². The number of pyridine rings is 1. The van der Waals surface area contributed by atoms with E-state index in [0.717, 1.165) is 37.4 Å². The van der Waals surface area contributed by atoms with Gasteiger partial charge in [0.1, 0.15) is 5.75 Å². The molecule has 3 N–H and O–H groups in total. The van der Waals surface area contributed by atoms with Gasteiger partial charge in [-0.3, -0.25) is 9.69 Å². The van der Waals surface area contributed by atoms with Crippen molar-refractivity contribution in [1.29, 1.82) is 0 Å². The average Bonchev–Trinajstić information content (AvgIpc) is 2.62. The van der Waals surface area contributed by atoms with Crippen LogP contribution in [0.3, 0.4) is 0 Å². The Bertz CT molecular complexity index is 824. The summed E-state index contributed by atoms with van der Waals surface area (Å²) in [5, 5.41) is 22.9. The normalized spacial score (nSPS) is 22.4. The molecule has 4 rings (SSSR count). The van der Waals surface area contributed by atoms with Crippen molar-refractivity contribution in [3.05, 3.63) is 58.5 Å². The summed E-state index contributed by atoms with van der Waals surface area (Å²) in [5.74, 6) is 1.07. The second kappa shape index (κ2) is 8.33. The van der Waals surface area contributed by atoms with E-state index in [0.29, 0.717) is 24.9 Å². The number of aromatic hydroxyl groups is 1. The van der Waals surface area contributed by atoms with Crippen LogP contribution in [0.15, 0.2) is 47.3 Å². The fourth-order valence-electron chi connectivity index (χ4n) is 4.32. The van der Waals surface area contributed by atoms with Crippen molar-refractivity contribution >= 4 is 18.1 Å². The number of hydrogen-bond acceptors (Lipinski definition) is 5. The lowest BCUT2D eigenvalue weighted by Crippen LogP contribution is -2.49. The number of anilines is 1. The molecule has 1 unspecified atom stereocenters. The van der Waals surface area contributed by atoms with Crippen LogP contribution >= 0.6 is 12.4 Å². The van der Waals surface area contributed by atoms with E-state index >= 15 is 0 Å². The molecule has 2 aromatic rings. The highest BCUT2D eigenvalue weighted by Gasteiger charge is 2.34. The van der Waals surface area contributed by atoms with Crippen molar-refractivity contribution < 1.29 is 10.2 Å². The van der Waals surface area contributed by atoms with Crippen LogP contribution in [0, 0.1) is 5.92 Å². The molecule has 1 saturated heterocycles. The number of piperidine rings is 1. The van der Waals surface area contributed by atoms with E-state index in [1.54, 1.807) is 30.3 Å². The van der Waals surface area contributed by atoms with Gasteiger partial charge in [0.05, 0.1) is 6.10 Å². The van der Waals surface area contributed by atoms with Crippen LogP contribution < -0.4 is 10.9 Å². The van der Waals surface area contributed by atoms with Crippen LogP contribution in [-0.4, -0.2) is 52.0 Å². The van der Waals surface area contributed by atoms with Crippen LogP contribution in [-0.2, 0) is 6.54 Å². The van der Waals surface area contributed by atoms with Crippen LogP contribution in [0.5, 0.6) is 5.75 Å². The second-order valence-corrected chi connectivity index (χ2v) is 7.50. The molecular weight excluding hydrogens is 366 g/mol. The predicted molar refractivity (Wildman–Crippen MR) is 108 cm³/mol. The van der Waals surface area contributed by atoms with Gasteiger partial charge in [-0.25, -0.2) is 0 Å². The summed E-state index contributed by atoms with van der Waals surface area (Å²) in [6, 6.07) is 12.4. The van der Waals surface area contributed by atoms with E-state index in [1.165, 1.54) is 0 Å². The zero-order valence-electron chi connectivity index (χ0n) is 15.1. The first-order chi connectivity index (χ1) is 12.6. The summed E-state index contributed by atoms with van der Waals surface area (Å²) in [4.78, 5) is 14.4. The van der Waals surface area contributed by atoms with Crippen molar-refractivity contribution in [3.8, 4) is 5.75 Å². The zero-order chi connectivity index (χ0) is 18.1. The van der Waals surface area contributed by atoms with E-state index in [2.05, 4.69) is 16.3 Å². The molecule has 2 bridgehead atoms. The Morgan fingerprint density at radius 2 is 1.89 bits per heavy atom. The lowest BCUT2D eigenvalue weighted by atomic mass is 9.83. The lowest BCUT2D eigenvalue weighted by Gasteiger charge is -2.43. The summed E-state index contributed by atoms with van der Waals surface area (Å²) < 4.78 is 1.93. The molecule has 2 aliphatic heterocycles. The van der Waals surface area contributed by atoms with Gasteiger partial charge in [0.15, 0.2) is 0 Å². The van der Waals surface area contributed by atoms with Crippen molar-refractivity contribution in [3.63, 3.8) is 0 Å². The number of phenols is 1. The number of halogens is 1. The molecule has 3 atom stereocenters. The van der Waals surface area contributed by atoms with E-state index in [-0.39, 0.29) is 23.7 Å². The molecule has 1 fully saturated rings. The number of nitrogens with one attached hydrogen (secondary N) is 1. The molecule has 7 heteroatoms. The highest BCUT2D eigenvalue weighted by molar-refractivity contribution is 5.85. The SMILES string of the molecule is Cl.O=c1cccc2n1C[C@H]1C[C@@H]2CN(CC(O)CNc2ccc(O)cc2)C1. The fourth-order valence-corrected chi connectivity index (χ4v) is 4.32. The summed E-state index contributed by atoms with van der Waals surface area (Å²) in [7, 11) is 0. The first-order valence-electron chi connectivity index (χ1n) is 9.21. The minimum absolute atomic E-state index is 0. The lowest BCUT2D eigenvalue weighted by molar-refractivity contribution is 0.0676. The number of aliphatic hydroxyl groups is 1. The molecule has 0 saturated carbocycles. The summed E-state index contributed by atoms with van der Waals surface area (Å²) in [6.07, 6.45) is 0.655. The molecule has 0 aliphatic carbocycles. The Hall–Kier alpha value is -2.02. The van der Waals surface area contributed by atoms with E-state index in [1.807, 2.05) is 10.6 Å². The van der Waals surface area contributed by atoms with E-state index in [4.69, 9.17) is 0 Å². The minimum atomic E-state index is -0.472. The Morgan fingerprint density at radius 3 is 2.67 bits per heavy atom. The van der Waals surface area contributed by atoms with Crippen LogP contribution in [0.25, 0.3) is 0 Å². The standard InChI is InChI=1S/C20H25N3O3.ClH/c24-17-6-4-16(5-7-17)21-9-18(25)13-22-10-14-8-15(12-22)19-2-1-3-20(26)23(19)11-14;/h1-7,14-15,18,21,24-25H,8-13H2;1H/t14-,15+,18?;/m0./s1. The third kappa shape index (κ3) is 4.46. The fraction of sp³-hybridized carbons (Fsp3) is 0.450. The maximum absolute atomic E-state index is 12.1. The monoisotopic (exact) mass is 391 g/mol. The number of fused-ring (bicyclic) bond motifs is 4.